The highest BCUT2D eigenvalue weighted by Crippen LogP contribution is 2.26. The molecular weight excluding hydrogens is 400 g/mol. The van der Waals surface area contributed by atoms with Gasteiger partial charge in [-0.2, -0.15) is 0 Å². The number of hydrogen-bond acceptors (Lipinski definition) is 5. The maximum absolute atomic E-state index is 11.7. The molecule has 0 spiro atoms. The average molecular weight is 439 g/mol. The molecule has 4 N–H and O–H groups in total. The Balaban J connectivity index is 0.000000336. The molecule has 3 rings (SSSR count). The van der Waals surface area contributed by atoms with E-state index in [4.69, 9.17) is 16.2 Å². The first kappa shape index (κ1) is 25.4. The number of aliphatic imine (C=N–C) groups is 1. The normalized spacial score (nSPS) is 15.6. The molecule has 0 bridgehead atoms. The molecule has 1 aliphatic rings. The van der Waals surface area contributed by atoms with Crippen molar-refractivity contribution in [1.29, 1.82) is 0 Å². The lowest BCUT2D eigenvalue weighted by molar-refractivity contribution is -0.114. The number of nitrogens with two attached hydrogens (primary N) is 2. The number of benzene rings is 1. The van der Waals surface area contributed by atoms with E-state index < -0.39 is 5.91 Å². The molecule has 1 aromatic carbocycles. The monoisotopic (exact) mass is 438 g/mol. The number of fused-ring (bicyclic) bond motifs is 1. The van der Waals surface area contributed by atoms with Gasteiger partial charge in [0.05, 0.1) is 23.4 Å². The van der Waals surface area contributed by atoms with Crippen molar-refractivity contribution in [1.82, 2.24) is 4.98 Å². The molecule has 0 aliphatic heterocycles. The molecule has 1 fully saturated rings. The van der Waals surface area contributed by atoms with Crippen molar-refractivity contribution >= 4 is 22.5 Å². The second-order valence-electron chi connectivity index (χ2n) is 8.28. The van der Waals surface area contributed by atoms with Crippen LogP contribution in [0, 0.1) is 5.92 Å². The SMILES string of the molecule is CCCC1CCCCC1.CCOc1ccc2cc(C(=NC)/C(C(N)=O)=C(\C)N)ccc2n1. The molecule has 2 aromatic rings. The summed E-state index contributed by atoms with van der Waals surface area (Å²) in [5, 5.41) is 0.908. The highest BCUT2D eigenvalue weighted by atomic mass is 16.5. The van der Waals surface area contributed by atoms with Gasteiger partial charge in [-0.3, -0.25) is 9.79 Å². The fraction of sp³-hybridized carbons (Fsp3) is 0.500. The number of primary amides is 1. The van der Waals surface area contributed by atoms with Crippen LogP contribution in [0.3, 0.4) is 0 Å². The van der Waals surface area contributed by atoms with Crippen LogP contribution in [0.4, 0.5) is 0 Å². The third kappa shape index (κ3) is 7.08. The van der Waals surface area contributed by atoms with Gasteiger partial charge in [-0.05, 0) is 38.0 Å². The lowest BCUT2D eigenvalue weighted by Crippen LogP contribution is -2.25. The van der Waals surface area contributed by atoms with Crippen molar-refractivity contribution in [2.24, 2.45) is 22.4 Å². The minimum Gasteiger partial charge on any atom is -0.478 e. The maximum Gasteiger partial charge on any atom is 0.252 e. The van der Waals surface area contributed by atoms with Crippen LogP contribution in [-0.4, -0.2) is 30.3 Å². The van der Waals surface area contributed by atoms with Crippen molar-refractivity contribution in [2.45, 2.75) is 65.7 Å². The zero-order valence-corrected chi connectivity index (χ0v) is 20.0. The predicted octanol–water partition coefficient (Wildman–Crippen LogP) is 5.14. The zero-order chi connectivity index (χ0) is 23.5. The van der Waals surface area contributed by atoms with Crippen LogP contribution in [-0.2, 0) is 4.79 Å². The van der Waals surface area contributed by atoms with Gasteiger partial charge in [-0.25, -0.2) is 4.98 Å². The van der Waals surface area contributed by atoms with E-state index in [1.54, 1.807) is 20.0 Å². The number of carbonyl (C=O) groups excluding carboxylic acids is 1. The Morgan fingerprint density at radius 3 is 2.41 bits per heavy atom. The summed E-state index contributed by atoms with van der Waals surface area (Å²) in [6, 6.07) is 9.29. The summed E-state index contributed by atoms with van der Waals surface area (Å²) in [4.78, 5) is 20.3. The summed E-state index contributed by atoms with van der Waals surface area (Å²) in [6.45, 7) is 6.40. The second kappa shape index (κ2) is 12.8. The Labute approximate surface area is 192 Å². The quantitative estimate of drug-likeness (QED) is 0.461. The van der Waals surface area contributed by atoms with Gasteiger partial charge in [0.25, 0.3) is 5.91 Å². The summed E-state index contributed by atoms with van der Waals surface area (Å²) in [6.07, 6.45) is 10.4. The van der Waals surface area contributed by atoms with Gasteiger partial charge in [0.15, 0.2) is 0 Å². The summed E-state index contributed by atoms with van der Waals surface area (Å²) in [5.74, 6) is 1.08. The molecule has 1 heterocycles. The average Bonchev–Trinajstić information content (AvgIpc) is 2.78. The number of hydrogen-bond donors (Lipinski definition) is 2. The highest BCUT2D eigenvalue weighted by Gasteiger charge is 2.17. The molecule has 0 saturated heterocycles. The summed E-state index contributed by atoms with van der Waals surface area (Å²) in [5.41, 5.74) is 13.8. The van der Waals surface area contributed by atoms with Gasteiger partial charge in [-0.15, -0.1) is 0 Å². The number of amides is 1. The molecule has 174 valence electrons. The topological polar surface area (TPSA) is 104 Å². The van der Waals surface area contributed by atoms with Crippen LogP contribution in [0.5, 0.6) is 5.88 Å². The van der Waals surface area contributed by atoms with E-state index in [2.05, 4.69) is 16.9 Å². The smallest absolute Gasteiger partial charge is 0.252 e. The van der Waals surface area contributed by atoms with Crippen molar-refractivity contribution in [3.63, 3.8) is 0 Å². The summed E-state index contributed by atoms with van der Waals surface area (Å²) in [7, 11) is 1.60. The first-order chi connectivity index (χ1) is 15.4. The number of ether oxygens (including phenoxy) is 1. The van der Waals surface area contributed by atoms with Crippen molar-refractivity contribution in [2.75, 3.05) is 13.7 Å². The van der Waals surface area contributed by atoms with Gasteiger partial charge in [-0.1, -0.05) is 57.9 Å². The van der Waals surface area contributed by atoms with E-state index in [1.807, 2.05) is 31.2 Å². The third-order valence-corrected chi connectivity index (χ3v) is 5.75. The molecule has 1 aromatic heterocycles. The second-order valence-corrected chi connectivity index (χ2v) is 8.28. The fourth-order valence-electron chi connectivity index (χ4n) is 4.25. The Kier molecular flexibility index (Phi) is 10.2. The highest BCUT2D eigenvalue weighted by molar-refractivity contribution is 6.28. The van der Waals surface area contributed by atoms with E-state index in [-0.39, 0.29) is 5.57 Å². The Morgan fingerprint density at radius 2 is 1.84 bits per heavy atom. The maximum atomic E-state index is 11.7. The Hall–Kier alpha value is -2.89. The third-order valence-electron chi connectivity index (χ3n) is 5.75. The first-order valence-corrected chi connectivity index (χ1v) is 11.7. The van der Waals surface area contributed by atoms with E-state index in [0.717, 1.165) is 22.4 Å². The number of aromatic nitrogens is 1. The Morgan fingerprint density at radius 1 is 1.12 bits per heavy atom. The van der Waals surface area contributed by atoms with Crippen LogP contribution in [0.25, 0.3) is 10.9 Å². The fourth-order valence-corrected chi connectivity index (χ4v) is 4.25. The van der Waals surface area contributed by atoms with Gasteiger partial charge in [0.1, 0.15) is 0 Å². The molecule has 1 aliphatic carbocycles. The molecule has 0 atom stereocenters. The largest absolute Gasteiger partial charge is 0.478 e. The lowest BCUT2D eigenvalue weighted by atomic mass is 9.86. The molecule has 0 radical (unpaired) electrons. The number of pyridine rings is 1. The predicted molar refractivity (Wildman–Crippen MR) is 133 cm³/mol. The molecule has 1 saturated carbocycles. The van der Waals surface area contributed by atoms with Crippen LogP contribution >= 0.6 is 0 Å². The van der Waals surface area contributed by atoms with Gasteiger partial charge in [0.2, 0.25) is 5.88 Å². The van der Waals surface area contributed by atoms with Crippen molar-refractivity contribution in [3.8, 4) is 5.88 Å². The summed E-state index contributed by atoms with van der Waals surface area (Å²) >= 11 is 0. The van der Waals surface area contributed by atoms with Gasteiger partial charge >= 0.3 is 0 Å². The molecule has 0 unspecified atom stereocenters. The minimum absolute atomic E-state index is 0.228. The number of allylic oxidation sites excluding steroid dienone is 1. The van der Waals surface area contributed by atoms with Crippen molar-refractivity contribution < 1.29 is 9.53 Å². The van der Waals surface area contributed by atoms with Gasteiger partial charge < -0.3 is 16.2 Å². The lowest BCUT2D eigenvalue weighted by Gasteiger charge is -2.20. The molecule has 1 amide bonds. The van der Waals surface area contributed by atoms with E-state index in [0.29, 0.717) is 23.9 Å². The van der Waals surface area contributed by atoms with Crippen LogP contribution < -0.4 is 16.2 Å². The van der Waals surface area contributed by atoms with E-state index in [9.17, 15) is 4.79 Å². The van der Waals surface area contributed by atoms with E-state index >= 15 is 0 Å². The standard InChI is InChI=1S/C17H20N4O2.C9H18/c1-4-23-14-8-6-11-9-12(5-7-13(11)21-14)16(20-3)15(10(2)18)17(19)22;1-2-6-9-7-4-3-5-8-9/h5-9H,4,18H2,1-3H3,(H2,19,22);9H,2-8H2,1H3/b15-10-,20-16?;. The molecule has 6 heteroatoms. The minimum atomic E-state index is -0.601. The number of carbonyl (C=O) groups is 1. The van der Waals surface area contributed by atoms with Gasteiger partial charge in [0, 0.05) is 29.8 Å². The first-order valence-electron chi connectivity index (χ1n) is 11.7. The Bertz CT molecular complexity index is 953. The number of nitrogens with zero attached hydrogens (tertiary/aromatic N) is 2. The van der Waals surface area contributed by atoms with Crippen molar-refractivity contribution in [3.05, 3.63) is 47.2 Å². The zero-order valence-electron chi connectivity index (χ0n) is 20.0. The van der Waals surface area contributed by atoms with E-state index in [1.165, 1.54) is 44.9 Å². The molecule has 6 nitrogen and oxygen atoms in total. The number of rotatable bonds is 7. The molecule has 32 heavy (non-hydrogen) atoms. The molecular formula is C26H38N4O2. The van der Waals surface area contributed by atoms with Crippen LogP contribution in [0.1, 0.15) is 71.3 Å². The summed E-state index contributed by atoms with van der Waals surface area (Å²) < 4.78 is 5.39. The van der Waals surface area contributed by atoms with Crippen LogP contribution in [0.2, 0.25) is 0 Å². The van der Waals surface area contributed by atoms with Crippen LogP contribution in [0.15, 0.2) is 46.6 Å².